The third kappa shape index (κ3) is 5.09. The molecule has 1 atom stereocenters. The number of nitrogens with two attached hydrogens (primary N) is 1. The van der Waals surface area contributed by atoms with Crippen LogP contribution in [0.25, 0.3) is 0 Å². The maximum absolute atomic E-state index is 5.91. The van der Waals surface area contributed by atoms with Gasteiger partial charge in [0.25, 0.3) is 0 Å². The Labute approximate surface area is 150 Å². The van der Waals surface area contributed by atoms with Crippen LogP contribution >= 0.6 is 47.8 Å². The van der Waals surface area contributed by atoms with E-state index in [0.717, 1.165) is 31.2 Å². The Morgan fingerprint density at radius 1 is 1.00 bits per heavy atom. The van der Waals surface area contributed by atoms with E-state index in [0.29, 0.717) is 6.61 Å². The fraction of sp³-hybridized carbons (Fsp3) is 0.250. The molecule has 2 rings (SSSR count). The van der Waals surface area contributed by atoms with Crippen molar-refractivity contribution in [2.75, 3.05) is 0 Å². The van der Waals surface area contributed by atoms with Gasteiger partial charge in [0.05, 0.1) is 8.95 Å². The van der Waals surface area contributed by atoms with E-state index in [-0.39, 0.29) is 6.04 Å². The molecule has 2 N–H and O–H groups in total. The van der Waals surface area contributed by atoms with Crippen molar-refractivity contribution in [1.82, 2.24) is 0 Å². The molecule has 0 aliphatic carbocycles. The standard InChI is InChI=1S/C16H16Br3NO/c1-10(20)6-12-7-14(18)16(15(19)8-12)21-9-11-2-4-13(17)5-3-11/h2-5,7-8,10H,6,9,20H2,1H3. The Morgan fingerprint density at radius 2 is 1.57 bits per heavy atom. The maximum atomic E-state index is 5.91. The molecule has 0 heterocycles. The number of hydrogen-bond acceptors (Lipinski definition) is 2. The molecule has 2 aromatic rings. The minimum atomic E-state index is 0.137. The summed E-state index contributed by atoms with van der Waals surface area (Å²) in [6, 6.07) is 12.4. The summed E-state index contributed by atoms with van der Waals surface area (Å²) in [7, 11) is 0. The predicted octanol–water partition coefficient (Wildman–Crippen LogP) is 5.44. The van der Waals surface area contributed by atoms with Crippen LogP contribution in [-0.2, 0) is 13.0 Å². The highest BCUT2D eigenvalue weighted by Gasteiger charge is 2.10. The normalized spacial score (nSPS) is 12.2. The Hall–Kier alpha value is -0.360. The van der Waals surface area contributed by atoms with Gasteiger partial charge >= 0.3 is 0 Å². The lowest BCUT2D eigenvalue weighted by molar-refractivity contribution is 0.302. The van der Waals surface area contributed by atoms with Crippen LogP contribution in [-0.4, -0.2) is 6.04 Å². The molecule has 0 aliphatic rings. The van der Waals surface area contributed by atoms with Gasteiger partial charge in [-0.05, 0) is 80.6 Å². The molecule has 0 aliphatic heterocycles. The van der Waals surface area contributed by atoms with Gasteiger partial charge in [-0.25, -0.2) is 0 Å². The predicted molar refractivity (Wildman–Crippen MR) is 97.7 cm³/mol. The molecule has 5 heteroatoms. The lowest BCUT2D eigenvalue weighted by atomic mass is 10.1. The van der Waals surface area contributed by atoms with E-state index in [1.165, 1.54) is 5.56 Å². The van der Waals surface area contributed by atoms with Crippen molar-refractivity contribution in [1.29, 1.82) is 0 Å². The molecule has 2 nitrogen and oxygen atoms in total. The Bertz CT molecular complexity index is 588. The maximum Gasteiger partial charge on any atom is 0.148 e. The van der Waals surface area contributed by atoms with Gasteiger partial charge in [-0.2, -0.15) is 0 Å². The Kier molecular flexibility index (Phi) is 6.29. The lowest BCUT2D eigenvalue weighted by Gasteiger charge is -2.13. The van der Waals surface area contributed by atoms with Crippen LogP contribution in [0.1, 0.15) is 18.1 Å². The zero-order chi connectivity index (χ0) is 15.4. The Balaban J connectivity index is 2.11. The van der Waals surface area contributed by atoms with Crippen LogP contribution in [0.2, 0.25) is 0 Å². The minimum Gasteiger partial charge on any atom is -0.487 e. The number of halogens is 3. The quantitative estimate of drug-likeness (QED) is 0.622. The van der Waals surface area contributed by atoms with Gasteiger partial charge in [-0.3, -0.25) is 0 Å². The number of hydrogen-bond donors (Lipinski definition) is 1. The molecule has 0 fully saturated rings. The summed E-state index contributed by atoms with van der Waals surface area (Å²) < 4.78 is 8.85. The van der Waals surface area contributed by atoms with E-state index in [9.17, 15) is 0 Å². The van der Waals surface area contributed by atoms with Crippen molar-refractivity contribution < 1.29 is 4.74 Å². The largest absolute Gasteiger partial charge is 0.487 e. The van der Waals surface area contributed by atoms with Gasteiger partial charge in [-0.15, -0.1) is 0 Å². The van der Waals surface area contributed by atoms with E-state index in [1.54, 1.807) is 0 Å². The summed E-state index contributed by atoms with van der Waals surface area (Å²) in [5.41, 5.74) is 8.15. The third-order valence-corrected chi connectivity index (χ3v) is 4.62. The minimum absolute atomic E-state index is 0.137. The van der Waals surface area contributed by atoms with Gasteiger partial charge in [0.15, 0.2) is 0 Å². The first kappa shape index (κ1) is 17.0. The Morgan fingerprint density at radius 3 is 2.10 bits per heavy atom. The fourth-order valence-electron chi connectivity index (χ4n) is 1.98. The lowest BCUT2D eigenvalue weighted by Crippen LogP contribution is -2.17. The van der Waals surface area contributed by atoms with Crippen molar-refractivity contribution in [3.63, 3.8) is 0 Å². The number of benzene rings is 2. The van der Waals surface area contributed by atoms with E-state index in [2.05, 4.69) is 59.9 Å². The molecule has 2 aromatic carbocycles. The fourth-order valence-corrected chi connectivity index (χ4v) is 3.75. The van der Waals surface area contributed by atoms with E-state index in [1.807, 2.05) is 31.2 Å². The molecule has 0 bridgehead atoms. The average molecular weight is 478 g/mol. The van der Waals surface area contributed by atoms with Gasteiger partial charge in [0.2, 0.25) is 0 Å². The zero-order valence-electron chi connectivity index (χ0n) is 11.6. The average Bonchev–Trinajstić information content (AvgIpc) is 2.39. The molecule has 0 amide bonds. The highest BCUT2D eigenvalue weighted by molar-refractivity contribution is 9.11. The number of rotatable bonds is 5. The van der Waals surface area contributed by atoms with Crippen LogP contribution in [0.4, 0.5) is 0 Å². The summed E-state index contributed by atoms with van der Waals surface area (Å²) in [5.74, 6) is 0.811. The molecule has 0 saturated heterocycles. The van der Waals surface area contributed by atoms with Crippen LogP contribution in [0.15, 0.2) is 49.8 Å². The molecule has 112 valence electrons. The topological polar surface area (TPSA) is 35.2 Å². The molecule has 21 heavy (non-hydrogen) atoms. The second-order valence-electron chi connectivity index (χ2n) is 4.99. The highest BCUT2D eigenvalue weighted by Crippen LogP contribution is 2.35. The first-order chi connectivity index (χ1) is 9.95. The highest BCUT2D eigenvalue weighted by atomic mass is 79.9. The van der Waals surface area contributed by atoms with Crippen LogP contribution in [0.3, 0.4) is 0 Å². The van der Waals surface area contributed by atoms with Gasteiger partial charge in [-0.1, -0.05) is 28.1 Å². The van der Waals surface area contributed by atoms with E-state index < -0.39 is 0 Å². The van der Waals surface area contributed by atoms with Crippen molar-refractivity contribution in [3.8, 4) is 5.75 Å². The summed E-state index contributed by atoms with van der Waals surface area (Å²) in [6.07, 6.45) is 0.837. The molecule has 1 unspecified atom stereocenters. The SMILES string of the molecule is CC(N)Cc1cc(Br)c(OCc2ccc(Br)cc2)c(Br)c1. The van der Waals surface area contributed by atoms with Crippen molar-refractivity contribution >= 4 is 47.8 Å². The smallest absolute Gasteiger partial charge is 0.148 e. The first-order valence-electron chi connectivity index (χ1n) is 6.56. The molecule has 0 aromatic heterocycles. The van der Waals surface area contributed by atoms with Crippen molar-refractivity contribution in [2.24, 2.45) is 5.73 Å². The second-order valence-corrected chi connectivity index (χ2v) is 7.61. The summed E-state index contributed by atoms with van der Waals surface area (Å²) in [6.45, 7) is 2.52. The zero-order valence-corrected chi connectivity index (χ0v) is 16.3. The summed E-state index contributed by atoms with van der Waals surface area (Å²) in [4.78, 5) is 0. The van der Waals surface area contributed by atoms with Gasteiger partial charge in [0.1, 0.15) is 12.4 Å². The molecular formula is C16H16Br3NO. The first-order valence-corrected chi connectivity index (χ1v) is 8.94. The molecule has 0 spiro atoms. The second kappa shape index (κ2) is 7.77. The molecule has 0 radical (unpaired) electrons. The summed E-state index contributed by atoms with van der Waals surface area (Å²) >= 11 is 10.6. The molecule has 0 saturated carbocycles. The van der Waals surface area contributed by atoms with E-state index in [4.69, 9.17) is 10.5 Å². The van der Waals surface area contributed by atoms with Gasteiger partial charge in [0, 0.05) is 10.5 Å². The van der Waals surface area contributed by atoms with Crippen LogP contribution in [0.5, 0.6) is 5.75 Å². The monoisotopic (exact) mass is 475 g/mol. The van der Waals surface area contributed by atoms with Crippen LogP contribution < -0.4 is 10.5 Å². The number of ether oxygens (including phenoxy) is 1. The van der Waals surface area contributed by atoms with Crippen LogP contribution in [0, 0.1) is 0 Å². The van der Waals surface area contributed by atoms with Gasteiger partial charge < -0.3 is 10.5 Å². The molecular weight excluding hydrogens is 462 g/mol. The third-order valence-electron chi connectivity index (χ3n) is 2.91. The van der Waals surface area contributed by atoms with Crippen molar-refractivity contribution in [3.05, 3.63) is 60.9 Å². The van der Waals surface area contributed by atoms with Crippen molar-refractivity contribution in [2.45, 2.75) is 26.0 Å². The summed E-state index contributed by atoms with van der Waals surface area (Å²) in [5, 5.41) is 0. The van der Waals surface area contributed by atoms with E-state index >= 15 is 0 Å².